The molecule has 0 saturated heterocycles. The molecule has 0 spiro atoms. The van der Waals surface area contributed by atoms with Crippen LogP contribution in [0.4, 0.5) is 10.5 Å². The molecule has 0 bridgehead atoms. The smallest absolute Gasteiger partial charge is 0.408 e. The van der Waals surface area contributed by atoms with Gasteiger partial charge in [-0.25, -0.2) is 4.79 Å². The molecule has 7 heteroatoms. The molecule has 36 heavy (non-hydrogen) atoms. The summed E-state index contributed by atoms with van der Waals surface area (Å²) in [7, 11) is 0. The molecule has 0 aliphatic carbocycles. The third-order valence-corrected chi connectivity index (χ3v) is 5.70. The van der Waals surface area contributed by atoms with Crippen LogP contribution in [0, 0.1) is 6.92 Å². The molecule has 3 amide bonds. The summed E-state index contributed by atoms with van der Waals surface area (Å²) in [4.78, 5) is 40.9. The molecule has 0 aromatic heterocycles. The highest BCUT2D eigenvalue weighted by atomic mass is 16.6. The van der Waals surface area contributed by atoms with Gasteiger partial charge >= 0.3 is 6.09 Å². The van der Waals surface area contributed by atoms with Crippen molar-refractivity contribution in [2.75, 3.05) is 11.9 Å². The van der Waals surface area contributed by atoms with Gasteiger partial charge in [0.15, 0.2) is 0 Å². The van der Waals surface area contributed by atoms with Gasteiger partial charge in [-0.15, -0.1) is 0 Å². The lowest BCUT2D eigenvalue weighted by atomic mass is 10.0. The molecule has 190 valence electrons. The van der Waals surface area contributed by atoms with Gasteiger partial charge in [0.2, 0.25) is 5.91 Å². The van der Waals surface area contributed by atoms with Crippen LogP contribution in [0.3, 0.4) is 0 Å². The van der Waals surface area contributed by atoms with Crippen molar-refractivity contribution in [3.8, 4) is 0 Å². The predicted molar refractivity (Wildman–Crippen MR) is 143 cm³/mol. The Morgan fingerprint density at radius 1 is 0.944 bits per heavy atom. The van der Waals surface area contributed by atoms with E-state index in [-0.39, 0.29) is 18.4 Å². The predicted octanol–water partition coefficient (Wildman–Crippen LogP) is 5.59. The first-order valence-corrected chi connectivity index (χ1v) is 12.1. The van der Waals surface area contributed by atoms with Gasteiger partial charge in [0, 0.05) is 12.2 Å². The maximum atomic E-state index is 13.7. The highest BCUT2D eigenvalue weighted by Gasteiger charge is 2.34. The fourth-order valence-electron chi connectivity index (χ4n) is 3.96. The summed E-state index contributed by atoms with van der Waals surface area (Å²) >= 11 is 0. The van der Waals surface area contributed by atoms with E-state index in [1.54, 1.807) is 27.7 Å². The summed E-state index contributed by atoms with van der Waals surface area (Å²) in [5, 5.41) is 7.64. The van der Waals surface area contributed by atoms with Crippen LogP contribution in [0.15, 0.2) is 66.7 Å². The van der Waals surface area contributed by atoms with Crippen LogP contribution in [0.1, 0.15) is 51.8 Å². The summed E-state index contributed by atoms with van der Waals surface area (Å²) in [5.74, 6) is -0.726. The highest BCUT2D eigenvalue weighted by molar-refractivity contribution is 6.00. The number of anilines is 1. The minimum atomic E-state index is -0.891. The van der Waals surface area contributed by atoms with Crippen molar-refractivity contribution in [2.45, 2.75) is 59.2 Å². The molecular formula is C29H35N3O4. The Balaban J connectivity index is 1.88. The standard InChI is InChI=1S/C29H35N3O4/c1-7-32(27(34)20(3)30-28(35)36-29(4,5)6)25(22-14-12-19(2)13-15-22)26(33)31-24-17-16-21-10-8-9-11-23(21)18-24/h8-18,20,25H,7H2,1-6H3,(H,30,35)(H,31,33). The number of aryl methyl sites for hydroxylation is 1. The van der Waals surface area contributed by atoms with E-state index in [9.17, 15) is 14.4 Å². The van der Waals surface area contributed by atoms with Crippen LogP contribution in [0.25, 0.3) is 10.8 Å². The van der Waals surface area contributed by atoms with Gasteiger partial charge in [-0.1, -0.05) is 60.2 Å². The molecule has 2 atom stereocenters. The Morgan fingerprint density at radius 2 is 1.58 bits per heavy atom. The second kappa shape index (κ2) is 11.2. The normalized spacial score (nSPS) is 12.9. The molecule has 2 unspecified atom stereocenters. The number of nitrogens with zero attached hydrogens (tertiary/aromatic N) is 1. The van der Waals surface area contributed by atoms with Crippen molar-refractivity contribution in [1.29, 1.82) is 0 Å². The summed E-state index contributed by atoms with van der Waals surface area (Å²) in [6, 6.07) is 19.3. The van der Waals surface area contributed by atoms with Crippen LogP contribution < -0.4 is 10.6 Å². The van der Waals surface area contributed by atoms with Crippen molar-refractivity contribution in [1.82, 2.24) is 10.2 Å². The first-order valence-electron chi connectivity index (χ1n) is 12.1. The minimum absolute atomic E-state index is 0.267. The molecule has 3 aromatic rings. The molecule has 0 heterocycles. The average molecular weight is 490 g/mol. The SMILES string of the molecule is CCN(C(=O)C(C)NC(=O)OC(C)(C)C)C(C(=O)Nc1ccc2ccccc2c1)c1ccc(C)cc1. The molecule has 0 fully saturated rings. The zero-order valence-corrected chi connectivity index (χ0v) is 21.8. The zero-order valence-electron chi connectivity index (χ0n) is 21.8. The van der Waals surface area contributed by atoms with Crippen molar-refractivity contribution in [2.24, 2.45) is 0 Å². The van der Waals surface area contributed by atoms with E-state index in [1.807, 2.05) is 80.6 Å². The number of nitrogens with one attached hydrogen (secondary N) is 2. The molecule has 0 aliphatic heterocycles. The van der Waals surface area contributed by atoms with E-state index < -0.39 is 23.8 Å². The number of alkyl carbamates (subject to hydrolysis) is 1. The topological polar surface area (TPSA) is 87.7 Å². The number of rotatable bonds is 7. The number of benzene rings is 3. The third-order valence-electron chi connectivity index (χ3n) is 5.70. The van der Waals surface area contributed by atoms with Gasteiger partial charge in [0.1, 0.15) is 17.7 Å². The molecular weight excluding hydrogens is 454 g/mol. The number of hydrogen-bond donors (Lipinski definition) is 2. The zero-order chi connectivity index (χ0) is 26.5. The van der Waals surface area contributed by atoms with Crippen molar-refractivity contribution in [3.05, 3.63) is 77.9 Å². The van der Waals surface area contributed by atoms with E-state index in [2.05, 4.69) is 10.6 Å². The van der Waals surface area contributed by atoms with E-state index in [0.717, 1.165) is 16.3 Å². The van der Waals surface area contributed by atoms with E-state index >= 15 is 0 Å². The molecule has 7 nitrogen and oxygen atoms in total. The number of ether oxygens (including phenoxy) is 1. The maximum absolute atomic E-state index is 13.7. The van der Waals surface area contributed by atoms with E-state index in [0.29, 0.717) is 11.3 Å². The molecule has 0 aliphatic rings. The fourth-order valence-corrected chi connectivity index (χ4v) is 3.96. The summed E-state index contributed by atoms with van der Waals surface area (Å²) in [5.41, 5.74) is 1.67. The van der Waals surface area contributed by atoms with Crippen molar-refractivity contribution in [3.63, 3.8) is 0 Å². The second-order valence-electron chi connectivity index (χ2n) is 9.86. The molecule has 3 aromatic carbocycles. The van der Waals surface area contributed by atoms with Crippen molar-refractivity contribution < 1.29 is 19.1 Å². The number of carbonyl (C=O) groups excluding carboxylic acids is 3. The fraction of sp³-hybridized carbons (Fsp3) is 0.345. The number of amides is 3. The summed E-state index contributed by atoms with van der Waals surface area (Å²) in [6.07, 6.45) is -0.688. The van der Waals surface area contributed by atoms with Gasteiger partial charge in [0.05, 0.1) is 0 Å². The van der Waals surface area contributed by atoms with Gasteiger partial charge in [0.25, 0.3) is 5.91 Å². The highest BCUT2D eigenvalue weighted by Crippen LogP contribution is 2.26. The quantitative estimate of drug-likeness (QED) is 0.453. The van der Waals surface area contributed by atoms with Crippen LogP contribution >= 0.6 is 0 Å². The lowest BCUT2D eigenvalue weighted by Crippen LogP contribution is -2.51. The number of carbonyl (C=O) groups is 3. The molecule has 0 saturated carbocycles. The molecule has 3 rings (SSSR count). The van der Waals surface area contributed by atoms with Gasteiger partial charge in [-0.05, 0) is 70.0 Å². The van der Waals surface area contributed by atoms with Gasteiger partial charge in [-0.2, -0.15) is 0 Å². The van der Waals surface area contributed by atoms with Crippen LogP contribution in [-0.2, 0) is 14.3 Å². The number of likely N-dealkylation sites (N-methyl/N-ethyl adjacent to an activating group) is 1. The lowest BCUT2D eigenvalue weighted by molar-refractivity contribution is -0.140. The third kappa shape index (κ3) is 6.84. The first-order chi connectivity index (χ1) is 17.0. The average Bonchev–Trinajstić information content (AvgIpc) is 2.81. The Morgan fingerprint density at radius 3 is 2.19 bits per heavy atom. The van der Waals surface area contributed by atoms with Crippen LogP contribution in [0.2, 0.25) is 0 Å². The molecule has 0 radical (unpaired) electrons. The molecule has 2 N–H and O–H groups in total. The Hall–Kier alpha value is -3.87. The largest absolute Gasteiger partial charge is 0.444 e. The minimum Gasteiger partial charge on any atom is -0.444 e. The second-order valence-corrected chi connectivity index (χ2v) is 9.86. The Labute approximate surface area is 212 Å². The Bertz CT molecular complexity index is 1230. The lowest BCUT2D eigenvalue weighted by Gasteiger charge is -2.33. The Kier molecular flexibility index (Phi) is 8.35. The maximum Gasteiger partial charge on any atom is 0.408 e. The summed E-state index contributed by atoms with van der Waals surface area (Å²) < 4.78 is 5.29. The van der Waals surface area contributed by atoms with E-state index in [1.165, 1.54) is 4.90 Å². The van der Waals surface area contributed by atoms with Crippen LogP contribution in [-0.4, -0.2) is 41.0 Å². The number of fused-ring (bicyclic) bond motifs is 1. The summed E-state index contributed by atoms with van der Waals surface area (Å²) in [6.45, 7) is 10.9. The van der Waals surface area contributed by atoms with Gasteiger partial charge in [-0.3, -0.25) is 9.59 Å². The van der Waals surface area contributed by atoms with Crippen LogP contribution in [0.5, 0.6) is 0 Å². The number of hydrogen-bond acceptors (Lipinski definition) is 4. The van der Waals surface area contributed by atoms with E-state index in [4.69, 9.17) is 4.74 Å². The monoisotopic (exact) mass is 489 g/mol. The van der Waals surface area contributed by atoms with Crippen molar-refractivity contribution >= 4 is 34.4 Å². The first kappa shape index (κ1) is 26.7. The van der Waals surface area contributed by atoms with Gasteiger partial charge < -0.3 is 20.3 Å².